The van der Waals surface area contributed by atoms with Crippen LogP contribution in [0.4, 0.5) is 18.9 Å². The summed E-state index contributed by atoms with van der Waals surface area (Å²) in [7, 11) is 0. The number of nitrogens with one attached hydrogen (secondary N) is 1. The minimum absolute atomic E-state index is 0.0111. The van der Waals surface area contributed by atoms with Crippen LogP contribution in [0.1, 0.15) is 68.3 Å². The highest BCUT2D eigenvalue weighted by Crippen LogP contribution is 2.44. The molecular formula is C35H42F3N3O. The van der Waals surface area contributed by atoms with Gasteiger partial charge in [0, 0.05) is 48.9 Å². The Morgan fingerprint density at radius 1 is 1.02 bits per heavy atom. The van der Waals surface area contributed by atoms with Gasteiger partial charge in [0.2, 0.25) is 0 Å². The van der Waals surface area contributed by atoms with Crippen molar-refractivity contribution in [1.82, 2.24) is 10.2 Å². The molecule has 2 unspecified atom stereocenters. The lowest BCUT2D eigenvalue weighted by Gasteiger charge is -2.44. The number of fused-ring (bicyclic) bond motifs is 1. The predicted molar refractivity (Wildman–Crippen MR) is 162 cm³/mol. The highest BCUT2D eigenvalue weighted by molar-refractivity contribution is 5.53. The first-order valence-electron chi connectivity index (χ1n) is 15.3. The van der Waals surface area contributed by atoms with Crippen LogP contribution in [0.5, 0.6) is 5.75 Å². The summed E-state index contributed by atoms with van der Waals surface area (Å²) in [5.74, 6) is -0.449. The average Bonchev–Trinajstić information content (AvgIpc) is 3.40. The zero-order valence-corrected chi connectivity index (χ0v) is 24.9. The average molecular weight is 578 g/mol. The molecule has 3 atom stereocenters. The molecule has 6 rings (SSSR count). The van der Waals surface area contributed by atoms with E-state index in [-0.39, 0.29) is 23.6 Å². The molecule has 224 valence electrons. The fraction of sp³-hybridized carbons (Fsp3) is 0.486. The highest BCUT2D eigenvalue weighted by atomic mass is 19.1. The third-order valence-corrected chi connectivity index (χ3v) is 9.32. The summed E-state index contributed by atoms with van der Waals surface area (Å²) in [5.41, 5.74) is 2.04. The van der Waals surface area contributed by atoms with Crippen LogP contribution >= 0.6 is 0 Å². The molecule has 3 aromatic rings. The molecule has 3 heterocycles. The van der Waals surface area contributed by atoms with E-state index in [1.807, 2.05) is 60.4 Å². The van der Waals surface area contributed by atoms with Crippen LogP contribution in [0.2, 0.25) is 0 Å². The molecule has 3 aliphatic heterocycles. The van der Waals surface area contributed by atoms with Gasteiger partial charge < -0.3 is 15.0 Å². The van der Waals surface area contributed by atoms with Gasteiger partial charge in [-0.05, 0) is 94.0 Å². The quantitative estimate of drug-likeness (QED) is 0.321. The fourth-order valence-corrected chi connectivity index (χ4v) is 7.31. The van der Waals surface area contributed by atoms with Gasteiger partial charge in [0.05, 0.1) is 6.04 Å². The van der Waals surface area contributed by atoms with Gasteiger partial charge in [-0.2, -0.15) is 0 Å². The summed E-state index contributed by atoms with van der Waals surface area (Å²) in [4.78, 5) is 4.07. The predicted octanol–water partition coefficient (Wildman–Crippen LogP) is 7.21. The number of benzene rings is 3. The Morgan fingerprint density at radius 2 is 1.79 bits per heavy atom. The summed E-state index contributed by atoms with van der Waals surface area (Å²) in [6, 6.07) is 17.8. The number of alkyl halides is 1. The van der Waals surface area contributed by atoms with E-state index < -0.39 is 23.3 Å². The zero-order valence-electron chi connectivity index (χ0n) is 24.9. The van der Waals surface area contributed by atoms with E-state index in [4.69, 9.17) is 4.74 Å². The zero-order chi connectivity index (χ0) is 29.5. The summed E-state index contributed by atoms with van der Waals surface area (Å²) < 4.78 is 53.6. The summed E-state index contributed by atoms with van der Waals surface area (Å²) in [5, 5.41) is 3.47. The van der Waals surface area contributed by atoms with Crippen molar-refractivity contribution < 1.29 is 17.9 Å². The van der Waals surface area contributed by atoms with Gasteiger partial charge in [0.1, 0.15) is 29.7 Å². The molecule has 0 saturated carbocycles. The van der Waals surface area contributed by atoms with Crippen molar-refractivity contribution in [2.75, 3.05) is 37.6 Å². The van der Waals surface area contributed by atoms with E-state index in [0.29, 0.717) is 24.5 Å². The normalized spacial score (nSPS) is 24.7. The second-order valence-corrected chi connectivity index (χ2v) is 13.3. The molecule has 0 amide bonds. The van der Waals surface area contributed by atoms with Crippen molar-refractivity contribution in [3.63, 3.8) is 0 Å². The van der Waals surface area contributed by atoms with Crippen LogP contribution in [0.25, 0.3) is 0 Å². The maximum Gasteiger partial charge on any atom is 0.133 e. The lowest BCUT2D eigenvalue weighted by molar-refractivity contribution is 0.0652. The molecule has 2 saturated heterocycles. The van der Waals surface area contributed by atoms with E-state index in [0.717, 1.165) is 62.1 Å². The van der Waals surface area contributed by atoms with Gasteiger partial charge in [-0.1, -0.05) is 36.4 Å². The molecule has 0 aromatic heterocycles. The molecule has 1 spiro atoms. The second-order valence-electron chi connectivity index (χ2n) is 13.3. The van der Waals surface area contributed by atoms with Crippen molar-refractivity contribution in [2.24, 2.45) is 5.41 Å². The van der Waals surface area contributed by atoms with Crippen molar-refractivity contribution in [3.8, 4) is 5.75 Å². The third kappa shape index (κ3) is 6.04. The summed E-state index contributed by atoms with van der Waals surface area (Å²) >= 11 is 0. The minimum Gasteiger partial charge on any atom is -0.489 e. The Labute approximate surface area is 247 Å². The first-order valence-corrected chi connectivity index (χ1v) is 15.3. The Hall–Kier alpha value is -3.03. The lowest BCUT2D eigenvalue weighted by atomic mass is 9.79. The number of rotatable bonds is 7. The van der Waals surface area contributed by atoms with Crippen LogP contribution in [-0.4, -0.2) is 49.3 Å². The SMILES string of the molecule is C[C@@H]1Cc2cc(OCc3ccccc3)ccc2C(c2c(F)cc(N3CCCC4(CCNC4)C3)cc2F)N1CC(C)(C)F. The smallest absolute Gasteiger partial charge is 0.133 e. The van der Waals surface area contributed by atoms with Gasteiger partial charge in [-0.15, -0.1) is 0 Å². The Bertz CT molecular complexity index is 1380. The Kier molecular flexibility index (Phi) is 8.01. The topological polar surface area (TPSA) is 27.7 Å². The number of ether oxygens (including phenoxy) is 1. The number of piperidine rings is 1. The van der Waals surface area contributed by atoms with Crippen LogP contribution in [-0.2, 0) is 13.0 Å². The minimum atomic E-state index is -1.53. The van der Waals surface area contributed by atoms with Crippen molar-refractivity contribution >= 4 is 5.69 Å². The van der Waals surface area contributed by atoms with Gasteiger partial charge in [-0.3, -0.25) is 4.90 Å². The van der Waals surface area contributed by atoms with Crippen molar-refractivity contribution in [1.29, 1.82) is 0 Å². The Balaban J connectivity index is 1.34. The third-order valence-electron chi connectivity index (χ3n) is 9.32. The van der Waals surface area contributed by atoms with E-state index in [1.165, 1.54) is 26.0 Å². The highest BCUT2D eigenvalue weighted by Gasteiger charge is 2.41. The van der Waals surface area contributed by atoms with Crippen LogP contribution in [0, 0.1) is 17.0 Å². The molecule has 0 bridgehead atoms. The van der Waals surface area contributed by atoms with Gasteiger partial charge in [0.15, 0.2) is 0 Å². The molecule has 4 nitrogen and oxygen atoms in total. The largest absolute Gasteiger partial charge is 0.489 e. The molecule has 3 aliphatic rings. The van der Waals surface area contributed by atoms with Gasteiger partial charge >= 0.3 is 0 Å². The van der Waals surface area contributed by atoms with E-state index in [1.54, 1.807) is 0 Å². The van der Waals surface area contributed by atoms with Gasteiger partial charge in [-0.25, -0.2) is 13.2 Å². The second kappa shape index (κ2) is 11.6. The van der Waals surface area contributed by atoms with Crippen molar-refractivity contribution in [2.45, 2.75) is 70.8 Å². The van der Waals surface area contributed by atoms with E-state index in [9.17, 15) is 0 Å². The lowest BCUT2D eigenvalue weighted by Crippen LogP contribution is -2.48. The molecule has 1 N–H and O–H groups in total. The first-order chi connectivity index (χ1) is 20.1. The maximum absolute atomic E-state index is 16.2. The van der Waals surface area contributed by atoms with Crippen LogP contribution < -0.4 is 15.0 Å². The fourth-order valence-electron chi connectivity index (χ4n) is 7.31. The number of hydrogen-bond acceptors (Lipinski definition) is 4. The molecule has 3 aromatic carbocycles. The van der Waals surface area contributed by atoms with E-state index >= 15 is 13.2 Å². The number of anilines is 1. The maximum atomic E-state index is 16.2. The standard InChI is InChI=1S/C35H42F3N3O/c1-24-16-26-17-28(42-20-25-8-5-4-6-9-25)10-11-29(26)33(41(24)22-34(2,3)38)32-30(36)18-27(19-31(32)37)40-15-7-12-35(23-40)13-14-39-21-35/h4-6,8-11,17-19,24,33,39H,7,12-16,20-23H2,1-3H3/t24-,33?,35?/m1/s1. The van der Waals surface area contributed by atoms with Crippen LogP contribution in [0.3, 0.4) is 0 Å². The van der Waals surface area contributed by atoms with E-state index in [2.05, 4.69) is 10.2 Å². The molecule has 7 heteroatoms. The molecule has 0 radical (unpaired) electrons. The Morgan fingerprint density at radius 3 is 2.48 bits per heavy atom. The molecule has 42 heavy (non-hydrogen) atoms. The summed E-state index contributed by atoms with van der Waals surface area (Å²) in [6.45, 7) is 9.08. The van der Waals surface area contributed by atoms with Crippen LogP contribution in [0.15, 0.2) is 60.7 Å². The molecule has 2 fully saturated rings. The monoisotopic (exact) mass is 577 g/mol. The molecule has 0 aliphatic carbocycles. The van der Waals surface area contributed by atoms with Crippen molar-refractivity contribution in [3.05, 3.63) is 94.6 Å². The molecular weight excluding hydrogens is 535 g/mol. The number of nitrogens with zero attached hydrogens (tertiary/aromatic N) is 2. The summed E-state index contributed by atoms with van der Waals surface area (Å²) in [6.07, 6.45) is 3.87. The first kappa shape index (κ1) is 29.1. The van der Waals surface area contributed by atoms with Gasteiger partial charge in [0.25, 0.3) is 0 Å². The number of hydrogen-bond donors (Lipinski definition) is 1. The number of halogens is 3.